The zero-order valence-corrected chi connectivity index (χ0v) is 18.4. The minimum Gasteiger partial charge on any atom is -0.345 e. The first-order valence-electron chi connectivity index (χ1n) is 9.27. The van der Waals surface area contributed by atoms with Crippen molar-refractivity contribution in [3.05, 3.63) is 69.5 Å². The molecule has 0 saturated carbocycles. The molecule has 1 heterocycles. The zero-order valence-electron chi connectivity index (χ0n) is 16.9. The molecule has 156 valence electrons. The van der Waals surface area contributed by atoms with Gasteiger partial charge in [0, 0.05) is 16.3 Å². The van der Waals surface area contributed by atoms with Gasteiger partial charge in [-0.15, -0.1) is 5.10 Å². The highest BCUT2D eigenvalue weighted by Crippen LogP contribution is 2.22. The van der Waals surface area contributed by atoms with Gasteiger partial charge in [-0.1, -0.05) is 41.1 Å². The molecule has 0 fully saturated rings. The maximum absolute atomic E-state index is 12.3. The van der Waals surface area contributed by atoms with Gasteiger partial charge in [0.2, 0.25) is 11.1 Å². The molecule has 3 rings (SSSR count). The van der Waals surface area contributed by atoms with Crippen LogP contribution >= 0.6 is 23.4 Å². The number of aromatic amines is 1. The van der Waals surface area contributed by atoms with E-state index in [1.807, 2.05) is 32.9 Å². The lowest BCUT2D eigenvalue weighted by Gasteiger charge is -2.12. The molecule has 0 aliphatic rings. The topological polar surface area (TPSA) is 99.8 Å². The second-order valence-corrected chi connectivity index (χ2v) is 8.24. The number of rotatable bonds is 7. The number of benzene rings is 2. The predicted octanol–water partition coefficient (Wildman–Crippen LogP) is 4.04. The molecule has 3 aromatic rings. The van der Waals surface area contributed by atoms with Crippen LogP contribution in [0.2, 0.25) is 5.02 Å². The van der Waals surface area contributed by atoms with E-state index >= 15 is 0 Å². The van der Waals surface area contributed by atoms with Gasteiger partial charge in [-0.25, -0.2) is 4.98 Å². The first-order chi connectivity index (χ1) is 14.3. The van der Waals surface area contributed by atoms with Gasteiger partial charge in [0.1, 0.15) is 5.82 Å². The van der Waals surface area contributed by atoms with Crippen molar-refractivity contribution in [3.63, 3.8) is 0 Å². The van der Waals surface area contributed by atoms with Gasteiger partial charge < -0.3 is 10.6 Å². The summed E-state index contributed by atoms with van der Waals surface area (Å²) in [6.45, 7) is 6.18. The number of aryl methyl sites for hydroxylation is 3. The van der Waals surface area contributed by atoms with Gasteiger partial charge >= 0.3 is 0 Å². The van der Waals surface area contributed by atoms with Crippen molar-refractivity contribution in [1.82, 2.24) is 20.5 Å². The number of anilines is 1. The van der Waals surface area contributed by atoms with Crippen molar-refractivity contribution < 1.29 is 9.59 Å². The number of carbonyl (C=O) groups excluding carboxylic acids is 2. The van der Waals surface area contributed by atoms with Crippen molar-refractivity contribution in [2.75, 3.05) is 11.1 Å². The van der Waals surface area contributed by atoms with Crippen LogP contribution in [0.3, 0.4) is 0 Å². The third-order valence-electron chi connectivity index (χ3n) is 4.31. The van der Waals surface area contributed by atoms with Crippen molar-refractivity contribution in [2.24, 2.45) is 0 Å². The van der Waals surface area contributed by atoms with Crippen molar-refractivity contribution in [1.29, 1.82) is 0 Å². The van der Waals surface area contributed by atoms with Crippen LogP contribution in [0.15, 0.2) is 41.6 Å². The zero-order chi connectivity index (χ0) is 21.7. The lowest BCUT2D eigenvalue weighted by molar-refractivity contribution is -0.113. The summed E-state index contributed by atoms with van der Waals surface area (Å²) in [5, 5.41) is 13.6. The molecule has 0 saturated heterocycles. The maximum Gasteiger partial charge on any atom is 0.251 e. The van der Waals surface area contributed by atoms with E-state index < -0.39 is 0 Å². The summed E-state index contributed by atoms with van der Waals surface area (Å²) in [5.41, 5.74) is 4.57. The fraction of sp³-hybridized carbons (Fsp3) is 0.238. The third kappa shape index (κ3) is 5.84. The lowest BCUT2D eigenvalue weighted by atomic mass is 10.1. The van der Waals surface area contributed by atoms with Crippen LogP contribution in [0.5, 0.6) is 0 Å². The van der Waals surface area contributed by atoms with Gasteiger partial charge in [-0.3, -0.25) is 14.7 Å². The largest absolute Gasteiger partial charge is 0.345 e. The number of hydrogen-bond acceptors (Lipinski definition) is 5. The van der Waals surface area contributed by atoms with Crippen LogP contribution in [-0.4, -0.2) is 32.7 Å². The third-order valence-corrected chi connectivity index (χ3v) is 5.41. The second kappa shape index (κ2) is 9.77. The molecular formula is C21H22ClN5O2S. The fourth-order valence-corrected chi connectivity index (χ4v) is 3.71. The monoisotopic (exact) mass is 443 g/mol. The van der Waals surface area contributed by atoms with E-state index in [4.69, 9.17) is 11.6 Å². The first-order valence-corrected chi connectivity index (χ1v) is 10.6. The Bertz CT molecular complexity index is 1040. The van der Waals surface area contributed by atoms with Crippen LogP contribution in [0.25, 0.3) is 0 Å². The molecule has 0 unspecified atom stereocenters. The molecule has 9 heteroatoms. The van der Waals surface area contributed by atoms with E-state index in [9.17, 15) is 9.59 Å². The predicted molar refractivity (Wildman–Crippen MR) is 119 cm³/mol. The van der Waals surface area contributed by atoms with E-state index in [1.54, 1.807) is 24.3 Å². The Morgan fingerprint density at radius 3 is 2.43 bits per heavy atom. The van der Waals surface area contributed by atoms with E-state index in [0.717, 1.165) is 22.4 Å². The molecule has 0 aliphatic carbocycles. The summed E-state index contributed by atoms with van der Waals surface area (Å²) < 4.78 is 0. The number of aromatic nitrogens is 3. The smallest absolute Gasteiger partial charge is 0.251 e. The minimum atomic E-state index is -0.236. The van der Waals surface area contributed by atoms with Gasteiger partial charge in [0.05, 0.1) is 12.3 Å². The summed E-state index contributed by atoms with van der Waals surface area (Å²) in [7, 11) is 0. The van der Waals surface area contributed by atoms with Crippen LogP contribution in [0.1, 0.15) is 32.9 Å². The Labute approximate surface area is 184 Å². The van der Waals surface area contributed by atoms with Crippen molar-refractivity contribution in [3.8, 4) is 0 Å². The van der Waals surface area contributed by atoms with Crippen molar-refractivity contribution in [2.45, 2.75) is 32.5 Å². The summed E-state index contributed by atoms with van der Waals surface area (Å²) in [6, 6.07) is 10.7. The van der Waals surface area contributed by atoms with Crippen LogP contribution in [0.4, 0.5) is 5.69 Å². The Morgan fingerprint density at radius 1 is 1.10 bits per heavy atom. The van der Waals surface area contributed by atoms with Gasteiger partial charge in [-0.2, -0.15) is 0 Å². The first kappa shape index (κ1) is 21.9. The van der Waals surface area contributed by atoms with Crippen LogP contribution in [0, 0.1) is 20.8 Å². The van der Waals surface area contributed by atoms with Gasteiger partial charge in [0.25, 0.3) is 5.91 Å². The standard InChI is InChI=1S/C21H22ClN5O2S/c1-12-8-13(2)19(14(3)9-12)25-18(28)11-30-21-24-17(26-27-21)10-23-20(29)15-4-6-16(22)7-5-15/h4-9H,10-11H2,1-3H3,(H,23,29)(H,25,28)(H,24,26,27). The molecule has 3 N–H and O–H groups in total. The second-order valence-electron chi connectivity index (χ2n) is 6.86. The summed E-state index contributed by atoms with van der Waals surface area (Å²) >= 11 is 7.05. The molecule has 0 aliphatic heterocycles. The lowest BCUT2D eigenvalue weighted by Crippen LogP contribution is -2.23. The van der Waals surface area contributed by atoms with Crippen molar-refractivity contribution >= 4 is 40.9 Å². The van der Waals surface area contributed by atoms with E-state index in [2.05, 4.69) is 25.8 Å². The number of nitrogens with zero attached hydrogens (tertiary/aromatic N) is 2. The Balaban J connectivity index is 1.49. The minimum absolute atomic E-state index is 0.127. The normalized spacial score (nSPS) is 10.7. The quantitative estimate of drug-likeness (QED) is 0.478. The number of carbonyl (C=O) groups is 2. The molecule has 30 heavy (non-hydrogen) atoms. The molecule has 2 aromatic carbocycles. The Morgan fingerprint density at radius 2 is 1.77 bits per heavy atom. The van der Waals surface area contributed by atoms with E-state index in [0.29, 0.717) is 21.6 Å². The number of halogens is 1. The highest BCUT2D eigenvalue weighted by molar-refractivity contribution is 7.99. The highest BCUT2D eigenvalue weighted by Gasteiger charge is 2.12. The molecule has 2 amide bonds. The Hall–Kier alpha value is -2.84. The summed E-state index contributed by atoms with van der Waals surface area (Å²) in [6.07, 6.45) is 0. The molecule has 0 spiro atoms. The molecular weight excluding hydrogens is 422 g/mol. The number of hydrogen-bond donors (Lipinski definition) is 3. The molecule has 1 aromatic heterocycles. The fourth-order valence-electron chi connectivity index (χ4n) is 2.97. The van der Waals surface area contributed by atoms with Crippen LogP contribution in [-0.2, 0) is 11.3 Å². The molecule has 7 nitrogen and oxygen atoms in total. The average Bonchev–Trinajstić information content (AvgIpc) is 3.16. The Kier molecular flexibility index (Phi) is 7.12. The molecule has 0 bridgehead atoms. The number of H-pyrrole nitrogens is 1. The highest BCUT2D eigenvalue weighted by atomic mass is 35.5. The van der Waals surface area contributed by atoms with Gasteiger partial charge in [0.15, 0.2) is 0 Å². The number of thioether (sulfide) groups is 1. The summed E-state index contributed by atoms with van der Waals surface area (Å²) in [5.74, 6) is 0.324. The molecule has 0 atom stereocenters. The van der Waals surface area contributed by atoms with E-state index in [-0.39, 0.29) is 24.1 Å². The SMILES string of the molecule is Cc1cc(C)c(NC(=O)CSc2n[nH]c(CNC(=O)c3ccc(Cl)cc3)n2)c(C)c1. The summed E-state index contributed by atoms with van der Waals surface area (Å²) in [4.78, 5) is 28.7. The van der Waals surface area contributed by atoms with E-state index in [1.165, 1.54) is 11.8 Å². The maximum atomic E-state index is 12.3. The van der Waals surface area contributed by atoms with Gasteiger partial charge in [-0.05, 0) is 56.2 Å². The number of nitrogens with one attached hydrogen (secondary N) is 3. The molecule has 0 radical (unpaired) electrons. The average molecular weight is 444 g/mol. The number of amides is 2. The van der Waals surface area contributed by atoms with Crippen LogP contribution < -0.4 is 10.6 Å².